The summed E-state index contributed by atoms with van der Waals surface area (Å²) >= 11 is 0. The van der Waals surface area contributed by atoms with Gasteiger partial charge in [-0.2, -0.15) is 0 Å². The van der Waals surface area contributed by atoms with Crippen LogP contribution in [0.1, 0.15) is 12.0 Å². The number of amides is 1. The van der Waals surface area contributed by atoms with Crippen LogP contribution in [0.25, 0.3) is 11.1 Å². The molecular formula is C19H22N2O. The maximum Gasteiger partial charge on any atom is 0.224 e. The molecule has 0 bridgehead atoms. The molecule has 0 unspecified atom stereocenters. The topological polar surface area (TPSA) is 41.1 Å². The maximum atomic E-state index is 12.0. The third-order valence-corrected chi connectivity index (χ3v) is 4.18. The molecule has 1 fully saturated rings. The zero-order chi connectivity index (χ0) is 15.2. The van der Waals surface area contributed by atoms with Gasteiger partial charge in [0.2, 0.25) is 5.91 Å². The Morgan fingerprint density at radius 1 is 1.09 bits per heavy atom. The number of benzene rings is 2. The predicted octanol–water partition coefficient (Wildman–Crippen LogP) is 2.62. The van der Waals surface area contributed by atoms with Gasteiger partial charge < -0.3 is 10.6 Å². The predicted molar refractivity (Wildman–Crippen MR) is 89.6 cm³/mol. The van der Waals surface area contributed by atoms with Gasteiger partial charge in [-0.3, -0.25) is 4.79 Å². The van der Waals surface area contributed by atoms with Crippen molar-refractivity contribution in [2.24, 2.45) is 5.92 Å². The molecule has 0 aromatic heterocycles. The summed E-state index contributed by atoms with van der Waals surface area (Å²) in [7, 11) is 0. The van der Waals surface area contributed by atoms with E-state index in [1.807, 2.05) is 6.07 Å². The van der Waals surface area contributed by atoms with Crippen LogP contribution in [0.15, 0.2) is 54.6 Å². The van der Waals surface area contributed by atoms with Gasteiger partial charge in [-0.05, 0) is 36.1 Å². The van der Waals surface area contributed by atoms with E-state index in [9.17, 15) is 4.79 Å². The summed E-state index contributed by atoms with van der Waals surface area (Å²) in [4.78, 5) is 12.0. The first-order valence-corrected chi connectivity index (χ1v) is 7.96. The van der Waals surface area contributed by atoms with E-state index < -0.39 is 0 Å². The number of hydrogen-bond donors (Lipinski definition) is 2. The minimum Gasteiger partial charge on any atom is -0.355 e. The number of nitrogens with one attached hydrogen (secondary N) is 2. The van der Waals surface area contributed by atoms with Crippen LogP contribution in [0.2, 0.25) is 0 Å². The molecule has 1 saturated heterocycles. The normalized spacial score (nSPS) is 17.4. The average molecular weight is 294 g/mol. The van der Waals surface area contributed by atoms with Gasteiger partial charge in [-0.1, -0.05) is 54.6 Å². The Kier molecular flexibility index (Phi) is 4.86. The molecule has 0 aliphatic carbocycles. The zero-order valence-electron chi connectivity index (χ0n) is 12.7. The van der Waals surface area contributed by atoms with Crippen molar-refractivity contribution in [3.8, 4) is 11.1 Å². The zero-order valence-corrected chi connectivity index (χ0v) is 12.7. The Balaban J connectivity index is 1.56. The van der Waals surface area contributed by atoms with E-state index in [1.165, 1.54) is 16.7 Å². The largest absolute Gasteiger partial charge is 0.355 e. The van der Waals surface area contributed by atoms with Crippen molar-refractivity contribution >= 4 is 5.91 Å². The first-order chi connectivity index (χ1) is 10.8. The van der Waals surface area contributed by atoms with Crippen LogP contribution in [-0.2, 0) is 11.2 Å². The van der Waals surface area contributed by atoms with Crippen LogP contribution in [0, 0.1) is 5.92 Å². The van der Waals surface area contributed by atoms with Crippen molar-refractivity contribution in [2.45, 2.75) is 12.8 Å². The van der Waals surface area contributed by atoms with Crippen LogP contribution in [0.3, 0.4) is 0 Å². The maximum absolute atomic E-state index is 12.0. The Hall–Kier alpha value is -2.13. The molecular weight excluding hydrogens is 272 g/mol. The molecule has 0 spiro atoms. The molecule has 3 rings (SSSR count). The smallest absolute Gasteiger partial charge is 0.224 e. The second-order valence-corrected chi connectivity index (χ2v) is 5.80. The van der Waals surface area contributed by atoms with E-state index in [0.29, 0.717) is 6.54 Å². The van der Waals surface area contributed by atoms with Crippen molar-refractivity contribution in [3.05, 3.63) is 60.2 Å². The van der Waals surface area contributed by atoms with E-state index in [4.69, 9.17) is 0 Å². The van der Waals surface area contributed by atoms with E-state index in [1.54, 1.807) is 0 Å². The lowest BCUT2D eigenvalue weighted by molar-refractivity contribution is -0.124. The van der Waals surface area contributed by atoms with Gasteiger partial charge in [0.25, 0.3) is 0 Å². The van der Waals surface area contributed by atoms with Crippen LogP contribution < -0.4 is 10.6 Å². The fourth-order valence-electron chi connectivity index (χ4n) is 2.89. The van der Waals surface area contributed by atoms with Crippen molar-refractivity contribution in [2.75, 3.05) is 19.6 Å². The number of carbonyl (C=O) groups excluding carboxylic acids is 1. The molecule has 22 heavy (non-hydrogen) atoms. The SMILES string of the molecule is O=C(NCCc1cccc(-c2ccccc2)c1)[C@@H]1CCNC1. The fourth-order valence-corrected chi connectivity index (χ4v) is 2.89. The highest BCUT2D eigenvalue weighted by atomic mass is 16.1. The summed E-state index contributed by atoms with van der Waals surface area (Å²) in [6, 6.07) is 18.9. The molecule has 0 radical (unpaired) electrons. The van der Waals surface area contributed by atoms with E-state index in [0.717, 1.165) is 25.9 Å². The average Bonchev–Trinajstić information content (AvgIpc) is 3.10. The van der Waals surface area contributed by atoms with Crippen molar-refractivity contribution < 1.29 is 4.79 Å². The Morgan fingerprint density at radius 2 is 1.91 bits per heavy atom. The molecule has 1 heterocycles. The van der Waals surface area contributed by atoms with Gasteiger partial charge in [-0.25, -0.2) is 0 Å². The lowest BCUT2D eigenvalue weighted by atomic mass is 10.0. The summed E-state index contributed by atoms with van der Waals surface area (Å²) in [6.45, 7) is 2.47. The van der Waals surface area contributed by atoms with Crippen LogP contribution in [0.5, 0.6) is 0 Å². The highest BCUT2D eigenvalue weighted by molar-refractivity contribution is 5.79. The van der Waals surface area contributed by atoms with Gasteiger partial charge in [-0.15, -0.1) is 0 Å². The standard InChI is InChI=1S/C19H22N2O/c22-19(18-10-11-20-14-18)21-12-9-15-5-4-8-17(13-15)16-6-2-1-3-7-16/h1-8,13,18,20H,9-12,14H2,(H,21,22)/t18-/m1/s1. The summed E-state index contributed by atoms with van der Waals surface area (Å²) in [5.41, 5.74) is 3.71. The molecule has 1 amide bonds. The molecule has 0 saturated carbocycles. The van der Waals surface area contributed by atoms with Gasteiger partial charge in [0.1, 0.15) is 0 Å². The molecule has 2 aromatic rings. The third-order valence-electron chi connectivity index (χ3n) is 4.18. The molecule has 1 aliphatic rings. The molecule has 1 atom stereocenters. The summed E-state index contributed by atoms with van der Waals surface area (Å²) in [5.74, 6) is 0.333. The minimum absolute atomic E-state index is 0.149. The molecule has 3 heteroatoms. The summed E-state index contributed by atoms with van der Waals surface area (Å²) in [6.07, 6.45) is 1.82. The highest BCUT2D eigenvalue weighted by Gasteiger charge is 2.21. The van der Waals surface area contributed by atoms with Crippen molar-refractivity contribution in [1.82, 2.24) is 10.6 Å². The summed E-state index contributed by atoms with van der Waals surface area (Å²) < 4.78 is 0. The molecule has 2 aromatic carbocycles. The fraction of sp³-hybridized carbons (Fsp3) is 0.316. The quantitative estimate of drug-likeness (QED) is 0.890. The van der Waals surface area contributed by atoms with Gasteiger partial charge in [0.05, 0.1) is 5.92 Å². The van der Waals surface area contributed by atoms with E-state index in [2.05, 4.69) is 59.2 Å². The van der Waals surface area contributed by atoms with Crippen molar-refractivity contribution in [3.63, 3.8) is 0 Å². The van der Waals surface area contributed by atoms with Gasteiger partial charge in [0.15, 0.2) is 0 Å². The molecule has 114 valence electrons. The van der Waals surface area contributed by atoms with Crippen LogP contribution >= 0.6 is 0 Å². The summed E-state index contributed by atoms with van der Waals surface area (Å²) in [5, 5.41) is 6.28. The first kappa shape index (κ1) is 14.8. The minimum atomic E-state index is 0.149. The molecule has 1 aliphatic heterocycles. The monoisotopic (exact) mass is 294 g/mol. The van der Waals surface area contributed by atoms with Crippen molar-refractivity contribution in [1.29, 1.82) is 0 Å². The Labute approximate surface area is 131 Å². The first-order valence-electron chi connectivity index (χ1n) is 7.96. The Morgan fingerprint density at radius 3 is 2.68 bits per heavy atom. The highest BCUT2D eigenvalue weighted by Crippen LogP contribution is 2.20. The molecule has 2 N–H and O–H groups in total. The van der Waals surface area contributed by atoms with E-state index in [-0.39, 0.29) is 11.8 Å². The molecule has 3 nitrogen and oxygen atoms in total. The Bertz CT molecular complexity index is 618. The van der Waals surface area contributed by atoms with Gasteiger partial charge in [0, 0.05) is 13.1 Å². The van der Waals surface area contributed by atoms with Gasteiger partial charge >= 0.3 is 0 Å². The lowest BCUT2D eigenvalue weighted by Gasteiger charge is -2.10. The number of hydrogen-bond acceptors (Lipinski definition) is 2. The van der Waals surface area contributed by atoms with Crippen LogP contribution in [-0.4, -0.2) is 25.5 Å². The second-order valence-electron chi connectivity index (χ2n) is 5.80. The number of rotatable bonds is 5. The lowest BCUT2D eigenvalue weighted by Crippen LogP contribution is -2.33. The van der Waals surface area contributed by atoms with E-state index >= 15 is 0 Å². The number of carbonyl (C=O) groups is 1. The third kappa shape index (κ3) is 3.74. The second kappa shape index (κ2) is 7.23. The van der Waals surface area contributed by atoms with Crippen LogP contribution in [0.4, 0.5) is 0 Å².